The maximum atomic E-state index is 5.99. The largest absolute Gasteiger partial charge is 0.327 e. The number of nitrogens with one attached hydrogen (secondary N) is 1. The first-order valence-corrected chi connectivity index (χ1v) is 5.20. The van der Waals surface area contributed by atoms with Gasteiger partial charge in [-0.1, -0.05) is 6.42 Å². The summed E-state index contributed by atoms with van der Waals surface area (Å²) in [5.41, 5.74) is 6.48. The fourth-order valence-electron chi connectivity index (χ4n) is 2.06. The Labute approximate surface area is 74.9 Å². The van der Waals surface area contributed by atoms with E-state index in [1.54, 1.807) is 0 Å². The summed E-state index contributed by atoms with van der Waals surface area (Å²) in [6.07, 6.45) is 6.63. The van der Waals surface area contributed by atoms with Crippen molar-refractivity contribution in [3.63, 3.8) is 0 Å². The van der Waals surface area contributed by atoms with Gasteiger partial charge in [0.15, 0.2) is 0 Å². The van der Waals surface area contributed by atoms with E-state index in [9.17, 15) is 0 Å². The molecule has 2 aliphatic rings. The van der Waals surface area contributed by atoms with Crippen LogP contribution in [0.4, 0.5) is 0 Å². The summed E-state index contributed by atoms with van der Waals surface area (Å²) in [4.78, 5) is 0. The van der Waals surface area contributed by atoms with Crippen molar-refractivity contribution in [2.24, 2.45) is 11.7 Å². The van der Waals surface area contributed by atoms with Crippen LogP contribution >= 0.6 is 0 Å². The lowest BCUT2D eigenvalue weighted by Crippen LogP contribution is -2.38. The molecule has 2 unspecified atom stereocenters. The first-order chi connectivity index (χ1) is 5.70. The molecule has 0 saturated heterocycles. The summed E-state index contributed by atoms with van der Waals surface area (Å²) in [6.45, 7) is 3.46. The quantitative estimate of drug-likeness (QED) is 0.665. The highest BCUT2D eigenvalue weighted by molar-refractivity contribution is 4.98. The van der Waals surface area contributed by atoms with Crippen LogP contribution in [-0.2, 0) is 0 Å². The third-order valence-electron chi connectivity index (χ3n) is 3.51. The maximum Gasteiger partial charge on any atom is 0.0154 e. The van der Waals surface area contributed by atoms with Crippen LogP contribution < -0.4 is 11.1 Å². The van der Waals surface area contributed by atoms with Gasteiger partial charge in [-0.05, 0) is 45.1 Å². The molecule has 2 nitrogen and oxygen atoms in total. The van der Waals surface area contributed by atoms with Gasteiger partial charge in [-0.2, -0.15) is 0 Å². The molecule has 0 radical (unpaired) electrons. The van der Waals surface area contributed by atoms with Gasteiger partial charge < -0.3 is 11.1 Å². The van der Waals surface area contributed by atoms with Gasteiger partial charge in [0, 0.05) is 11.6 Å². The second kappa shape index (κ2) is 3.00. The Morgan fingerprint density at radius 2 is 2.17 bits per heavy atom. The second-order valence-corrected chi connectivity index (χ2v) is 4.80. The zero-order valence-electron chi connectivity index (χ0n) is 7.97. The average Bonchev–Trinajstić information content (AvgIpc) is 2.61. The number of hydrogen-bond donors (Lipinski definition) is 2. The Hall–Kier alpha value is -0.0800. The molecule has 70 valence electrons. The van der Waals surface area contributed by atoms with Crippen molar-refractivity contribution in [2.45, 2.75) is 50.6 Å². The Kier molecular flexibility index (Phi) is 2.13. The highest BCUT2D eigenvalue weighted by atomic mass is 15.0. The smallest absolute Gasteiger partial charge is 0.0154 e. The lowest BCUT2D eigenvalue weighted by molar-refractivity contribution is 0.405. The molecular formula is C10H20N2. The molecule has 12 heavy (non-hydrogen) atoms. The summed E-state index contributed by atoms with van der Waals surface area (Å²) in [5, 5.41) is 3.63. The summed E-state index contributed by atoms with van der Waals surface area (Å²) in [7, 11) is 0. The topological polar surface area (TPSA) is 38.0 Å². The van der Waals surface area contributed by atoms with E-state index in [0.717, 1.165) is 12.5 Å². The zero-order chi connectivity index (χ0) is 8.60. The van der Waals surface area contributed by atoms with Gasteiger partial charge in [0.25, 0.3) is 0 Å². The standard InChI is InChI=1S/C10H20N2/c1-10(5-6-10)12-7-8-3-2-4-9(8)11/h8-9,12H,2-7,11H2,1H3. The SMILES string of the molecule is CC1(NCC2CCCC2N)CC1. The van der Waals surface area contributed by atoms with Crippen LogP contribution in [0.15, 0.2) is 0 Å². The van der Waals surface area contributed by atoms with Crippen molar-refractivity contribution >= 4 is 0 Å². The lowest BCUT2D eigenvalue weighted by Gasteiger charge is -2.19. The van der Waals surface area contributed by atoms with Crippen LogP contribution in [0.25, 0.3) is 0 Å². The molecule has 3 N–H and O–H groups in total. The molecule has 0 aliphatic heterocycles. The van der Waals surface area contributed by atoms with Crippen LogP contribution in [0, 0.1) is 5.92 Å². The summed E-state index contributed by atoms with van der Waals surface area (Å²) < 4.78 is 0. The van der Waals surface area contributed by atoms with Crippen LogP contribution in [-0.4, -0.2) is 18.1 Å². The van der Waals surface area contributed by atoms with Crippen LogP contribution in [0.1, 0.15) is 39.0 Å². The molecule has 0 aromatic heterocycles. The van der Waals surface area contributed by atoms with E-state index in [0.29, 0.717) is 11.6 Å². The summed E-state index contributed by atoms with van der Waals surface area (Å²) in [6, 6.07) is 0.472. The third-order valence-corrected chi connectivity index (χ3v) is 3.51. The molecule has 2 aliphatic carbocycles. The molecule has 0 bridgehead atoms. The van der Waals surface area contributed by atoms with Crippen LogP contribution in [0.3, 0.4) is 0 Å². The molecule has 2 fully saturated rings. The molecule has 2 saturated carbocycles. The Morgan fingerprint density at radius 3 is 2.67 bits per heavy atom. The van der Waals surface area contributed by atoms with Gasteiger partial charge in [0.1, 0.15) is 0 Å². The predicted octanol–water partition coefficient (Wildman–Crippen LogP) is 1.26. The molecule has 0 heterocycles. The first-order valence-electron chi connectivity index (χ1n) is 5.20. The zero-order valence-corrected chi connectivity index (χ0v) is 7.97. The minimum absolute atomic E-state index is 0.472. The third kappa shape index (κ3) is 1.80. The first kappa shape index (κ1) is 8.52. The van der Waals surface area contributed by atoms with Crippen LogP contribution in [0.2, 0.25) is 0 Å². The molecule has 2 rings (SSSR count). The van der Waals surface area contributed by atoms with E-state index in [2.05, 4.69) is 12.2 Å². The number of hydrogen-bond acceptors (Lipinski definition) is 2. The van der Waals surface area contributed by atoms with Crippen molar-refractivity contribution in [1.29, 1.82) is 0 Å². The Bertz CT molecular complexity index is 163. The van der Waals surface area contributed by atoms with Crippen LogP contribution in [0.5, 0.6) is 0 Å². The van der Waals surface area contributed by atoms with Crippen molar-refractivity contribution in [3.05, 3.63) is 0 Å². The van der Waals surface area contributed by atoms with E-state index in [1.807, 2.05) is 0 Å². The average molecular weight is 168 g/mol. The molecule has 0 amide bonds. The minimum Gasteiger partial charge on any atom is -0.327 e. The van der Waals surface area contributed by atoms with Gasteiger partial charge >= 0.3 is 0 Å². The van der Waals surface area contributed by atoms with Gasteiger partial charge in [-0.3, -0.25) is 0 Å². The molecule has 2 atom stereocenters. The number of rotatable bonds is 3. The van der Waals surface area contributed by atoms with Gasteiger partial charge in [0.05, 0.1) is 0 Å². The monoisotopic (exact) mass is 168 g/mol. The maximum absolute atomic E-state index is 5.99. The molecule has 0 spiro atoms. The van der Waals surface area contributed by atoms with Crippen molar-refractivity contribution in [1.82, 2.24) is 5.32 Å². The van der Waals surface area contributed by atoms with Crippen molar-refractivity contribution in [3.8, 4) is 0 Å². The van der Waals surface area contributed by atoms with E-state index in [1.165, 1.54) is 32.1 Å². The Morgan fingerprint density at radius 1 is 1.42 bits per heavy atom. The van der Waals surface area contributed by atoms with E-state index < -0.39 is 0 Å². The highest BCUT2D eigenvalue weighted by Crippen LogP contribution is 2.35. The van der Waals surface area contributed by atoms with Gasteiger partial charge in [0.2, 0.25) is 0 Å². The Balaban J connectivity index is 1.72. The van der Waals surface area contributed by atoms with E-state index in [4.69, 9.17) is 5.73 Å². The normalized spacial score (nSPS) is 38.5. The molecular weight excluding hydrogens is 148 g/mol. The number of nitrogens with two attached hydrogens (primary N) is 1. The fourth-order valence-corrected chi connectivity index (χ4v) is 2.06. The predicted molar refractivity (Wildman–Crippen MR) is 51.0 cm³/mol. The fraction of sp³-hybridized carbons (Fsp3) is 1.00. The van der Waals surface area contributed by atoms with Crippen molar-refractivity contribution in [2.75, 3.05) is 6.54 Å². The van der Waals surface area contributed by atoms with Gasteiger partial charge in [-0.25, -0.2) is 0 Å². The van der Waals surface area contributed by atoms with E-state index in [-0.39, 0.29) is 0 Å². The second-order valence-electron chi connectivity index (χ2n) is 4.80. The molecule has 0 aromatic carbocycles. The molecule has 2 heteroatoms. The van der Waals surface area contributed by atoms with Crippen molar-refractivity contribution < 1.29 is 0 Å². The van der Waals surface area contributed by atoms with E-state index >= 15 is 0 Å². The van der Waals surface area contributed by atoms with Gasteiger partial charge in [-0.15, -0.1) is 0 Å². The lowest BCUT2D eigenvalue weighted by atomic mass is 10.0. The highest BCUT2D eigenvalue weighted by Gasteiger charge is 2.37. The minimum atomic E-state index is 0.472. The molecule has 0 aromatic rings. The summed E-state index contributed by atoms with van der Waals surface area (Å²) in [5.74, 6) is 0.752. The summed E-state index contributed by atoms with van der Waals surface area (Å²) >= 11 is 0.